The van der Waals surface area contributed by atoms with Crippen molar-refractivity contribution < 1.29 is 14.7 Å². The molecule has 9 heteroatoms. The SMILES string of the molecule is Cc1cc(NC(=O)CCC(=O)[O-])n(-c2nc(C)c(C)c(=O)[nH]2)n1. The summed E-state index contributed by atoms with van der Waals surface area (Å²) < 4.78 is 1.29. The summed E-state index contributed by atoms with van der Waals surface area (Å²) in [5, 5.41) is 17.1. The smallest absolute Gasteiger partial charge is 0.255 e. The number of rotatable bonds is 5. The van der Waals surface area contributed by atoms with Gasteiger partial charge in [0, 0.05) is 29.7 Å². The number of aliphatic carboxylic acids is 1. The van der Waals surface area contributed by atoms with Gasteiger partial charge in [-0.1, -0.05) is 0 Å². The second kappa shape index (κ2) is 6.42. The lowest BCUT2D eigenvalue weighted by atomic mass is 10.3. The number of nitrogens with one attached hydrogen (secondary N) is 2. The van der Waals surface area contributed by atoms with E-state index in [2.05, 4.69) is 20.4 Å². The van der Waals surface area contributed by atoms with Crippen molar-refractivity contribution in [1.82, 2.24) is 19.7 Å². The minimum atomic E-state index is -1.30. The molecule has 0 atom stereocenters. The molecule has 0 radical (unpaired) electrons. The normalized spacial score (nSPS) is 10.6. The number of amides is 1. The first-order valence-electron chi connectivity index (χ1n) is 6.92. The molecule has 0 saturated carbocycles. The van der Waals surface area contributed by atoms with Gasteiger partial charge >= 0.3 is 0 Å². The van der Waals surface area contributed by atoms with E-state index in [9.17, 15) is 19.5 Å². The van der Waals surface area contributed by atoms with Crippen LogP contribution in [0.1, 0.15) is 29.8 Å². The lowest BCUT2D eigenvalue weighted by Crippen LogP contribution is -2.25. The van der Waals surface area contributed by atoms with Crippen LogP contribution < -0.4 is 16.0 Å². The van der Waals surface area contributed by atoms with Crippen LogP contribution in [0, 0.1) is 20.8 Å². The van der Waals surface area contributed by atoms with Crippen molar-refractivity contribution in [3.05, 3.63) is 33.4 Å². The monoisotopic (exact) mass is 318 g/mol. The van der Waals surface area contributed by atoms with E-state index in [1.807, 2.05) is 0 Å². The number of carbonyl (C=O) groups is 2. The molecule has 0 unspecified atom stereocenters. The van der Waals surface area contributed by atoms with Crippen LogP contribution in [0.5, 0.6) is 0 Å². The van der Waals surface area contributed by atoms with Crippen molar-refractivity contribution >= 4 is 17.7 Å². The third kappa shape index (κ3) is 3.82. The zero-order valence-electron chi connectivity index (χ0n) is 13.0. The van der Waals surface area contributed by atoms with E-state index in [4.69, 9.17) is 0 Å². The molecule has 0 aromatic carbocycles. The van der Waals surface area contributed by atoms with Crippen LogP contribution in [0.4, 0.5) is 5.82 Å². The van der Waals surface area contributed by atoms with Crippen molar-refractivity contribution in [2.45, 2.75) is 33.6 Å². The number of hydrogen-bond donors (Lipinski definition) is 2. The summed E-state index contributed by atoms with van der Waals surface area (Å²) in [6, 6.07) is 1.59. The number of H-pyrrole nitrogens is 1. The first kappa shape index (κ1) is 16.4. The molecule has 0 aliphatic rings. The van der Waals surface area contributed by atoms with E-state index in [0.717, 1.165) is 0 Å². The maximum Gasteiger partial charge on any atom is 0.255 e. The van der Waals surface area contributed by atoms with Crippen LogP contribution in [0.25, 0.3) is 5.95 Å². The number of carboxylic acids is 1. The average Bonchev–Trinajstić information content (AvgIpc) is 2.82. The Bertz CT molecular complexity index is 821. The summed E-state index contributed by atoms with van der Waals surface area (Å²) >= 11 is 0. The van der Waals surface area contributed by atoms with Gasteiger partial charge in [-0.15, -0.1) is 0 Å². The van der Waals surface area contributed by atoms with Crippen LogP contribution in [0.3, 0.4) is 0 Å². The van der Waals surface area contributed by atoms with Gasteiger partial charge in [0.05, 0.1) is 5.69 Å². The first-order chi connectivity index (χ1) is 10.8. The molecule has 2 rings (SSSR count). The van der Waals surface area contributed by atoms with Gasteiger partial charge in [0.15, 0.2) is 0 Å². The molecule has 122 valence electrons. The van der Waals surface area contributed by atoms with Crippen LogP contribution in [-0.4, -0.2) is 31.6 Å². The fourth-order valence-corrected chi connectivity index (χ4v) is 1.90. The number of anilines is 1. The van der Waals surface area contributed by atoms with Crippen molar-refractivity contribution in [2.75, 3.05) is 5.32 Å². The quantitative estimate of drug-likeness (QED) is 0.752. The second-order valence-electron chi connectivity index (χ2n) is 5.10. The predicted molar refractivity (Wildman–Crippen MR) is 79.1 cm³/mol. The summed E-state index contributed by atoms with van der Waals surface area (Å²) in [5.41, 5.74) is 1.35. The van der Waals surface area contributed by atoms with Crippen LogP contribution in [0.2, 0.25) is 0 Å². The van der Waals surface area contributed by atoms with E-state index in [0.29, 0.717) is 17.0 Å². The van der Waals surface area contributed by atoms with Gasteiger partial charge < -0.3 is 15.2 Å². The van der Waals surface area contributed by atoms with Gasteiger partial charge in [0.2, 0.25) is 11.9 Å². The number of hydrogen-bond acceptors (Lipinski definition) is 6. The number of aromatic amines is 1. The van der Waals surface area contributed by atoms with Crippen molar-refractivity contribution in [3.8, 4) is 5.95 Å². The molecule has 2 aromatic rings. The maximum absolute atomic E-state index is 11.9. The van der Waals surface area contributed by atoms with E-state index in [1.165, 1.54) is 4.68 Å². The minimum Gasteiger partial charge on any atom is -0.550 e. The summed E-state index contributed by atoms with van der Waals surface area (Å²) in [6.45, 7) is 5.07. The zero-order valence-corrected chi connectivity index (χ0v) is 13.0. The molecule has 0 bridgehead atoms. The molecule has 2 N–H and O–H groups in total. The predicted octanol–water partition coefficient (Wildman–Crippen LogP) is -0.651. The molecule has 9 nitrogen and oxygen atoms in total. The van der Waals surface area contributed by atoms with Crippen molar-refractivity contribution in [1.29, 1.82) is 0 Å². The Labute approximate surface area is 131 Å². The Morgan fingerprint density at radius 2 is 2.00 bits per heavy atom. The van der Waals surface area contributed by atoms with Gasteiger partial charge in [-0.3, -0.25) is 14.6 Å². The molecule has 2 aromatic heterocycles. The highest BCUT2D eigenvalue weighted by molar-refractivity contribution is 5.91. The Morgan fingerprint density at radius 3 is 2.61 bits per heavy atom. The average molecular weight is 318 g/mol. The van der Waals surface area contributed by atoms with Gasteiger partial charge in [-0.25, -0.2) is 4.98 Å². The Kier molecular flexibility index (Phi) is 4.58. The largest absolute Gasteiger partial charge is 0.550 e. The highest BCUT2D eigenvalue weighted by Crippen LogP contribution is 2.14. The summed E-state index contributed by atoms with van der Waals surface area (Å²) in [6.07, 6.45) is -0.596. The molecular weight excluding hydrogens is 302 g/mol. The summed E-state index contributed by atoms with van der Waals surface area (Å²) in [7, 11) is 0. The lowest BCUT2D eigenvalue weighted by Gasteiger charge is -2.09. The van der Waals surface area contributed by atoms with Crippen molar-refractivity contribution in [2.24, 2.45) is 0 Å². The number of aryl methyl sites for hydroxylation is 2. The van der Waals surface area contributed by atoms with Crippen LogP contribution in [0.15, 0.2) is 10.9 Å². The van der Waals surface area contributed by atoms with Crippen LogP contribution >= 0.6 is 0 Å². The van der Waals surface area contributed by atoms with Gasteiger partial charge in [0.25, 0.3) is 5.56 Å². The second-order valence-corrected chi connectivity index (χ2v) is 5.10. The fraction of sp³-hybridized carbons (Fsp3) is 0.357. The molecule has 23 heavy (non-hydrogen) atoms. The standard InChI is InChI=1S/C14H17N5O4/c1-7-6-10(16-11(20)4-5-12(21)22)19(18-7)14-15-9(3)8(2)13(23)17-14/h6H,4-5H2,1-3H3,(H,16,20)(H,21,22)(H,15,17,23)/p-1. The third-order valence-electron chi connectivity index (χ3n) is 3.24. The molecular formula is C14H16N5O4-. The maximum atomic E-state index is 11.9. The van der Waals surface area contributed by atoms with Gasteiger partial charge in [-0.05, 0) is 27.2 Å². The minimum absolute atomic E-state index is 0.168. The van der Waals surface area contributed by atoms with E-state index >= 15 is 0 Å². The van der Waals surface area contributed by atoms with Crippen molar-refractivity contribution in [3.63, 3.8) is 0 Å². The van der Waals surface area contributed by atoms with E-state index in [1.54, 1.807) is 26.8 Å². The number of aromatic nitrogens is 4. The Hall–Kier alpha value is -2.97. The van der Waals surface area contributed by atoms with Gasteiger partial charge in [-0.2, -0.15) is 9.78 Å². The zero-order chi connectivity index (χ0) is 17.1. The molecule has 1 amide bonds. The molecule has 0 aliphatic carbocycles. The van der Waals surface area contributed by atoms with Gasteiger partial charge in [0.1, 0.15) is 5.82 Å². The topological polar surface area (TPSA) is 133 Å². The van der Waals surface area contributed by atoms with Crippen LogP contribution in [-0.2, 0) is 9.59 Å². The van der Waals surface area contributed by atoms with E-state index < -0.39 is 11.9 Å². The molecule has 0 aliphatic heterocycles. The highest BCUT2D eigenvalue weighted by atomic mass is 16.4. The summed E-state index contributed by atoms with van der Waals surface area (Å²) in [5.74, 6) is -1.34. The molecule has 0 fully saturated rings. The molecule has 2 heterocycles. The third-order valence-corrected chi connectivity index (χ3v) is 3.24. The fourth-order valence-electron chi connectivity index (χ4n) is 1.90. The molecule has 0 saturated heterocycles. The number of carboxylic acid groups (broad SMARTS) is 1. The van der Waals surface area contributed by atoms with E-state index in [-0.39, 0.29) is 30.2 Å². The highest BCUT2D eigenvalue weighted by Gasteiger charge is 2.14. The molecule has 0 spiro atoms. The lowest BCUT2D eigenvalue weighted by molar-refractivity contribution is -0.305. The Balaban J connectivity index is 2.33. The number of nitrogens with zero attached hydrogens (tertiary/aromatic N) is 3. The first-order valence-corrected chi connectivity index (χ1v) is 6.92. The summed E-state index contributed by atoms with van der Waals surface area (Å²) in [4.78, 5) is 40.9. The number of carbonyl (C=O) groups excluding carboxylic acids is 2. The Morgan fingerprint density at radius 1 is 1.30 bits per heavy atom.